The Morgan fingerprint density at radius 2 is 1.63 bits per heavy atom. The molecule has 35 heavy (non-hydrogen) atoms. The topological polar surface area (TPSA) is 79.0 Å². The first-order valence-corrected chi connectivity index (χ1v) is 14.0. The molecule has 2 atom stereocenters. The fourth-order valence-corrected chi connectivity index (χ4v) is 6.74. The first kappa shape index (κ1) is 25.8. The molecule has 0 aromatic heterocycles. The number of rotatable bonds is 7. The fourth-order valence-electron chi connectivity index (χ4n) is 5.15. The van der Waals surface area contributed by atoms with E-state index in [9.17, 15) is 13.2 Å². The molecule has 0 radical (unpaired) electrons. The van der Waals surface area contributed by atoms with Crippen LogP contribution in [0.1, 0.15) is 61.9 Å². The number of amides is 1. The Hall–Kier alpha value is -2.26. The van der Waals surface area contributed by atoms with Crippen LogP contribution in [0.5, 0.6) is 0 Å². The lowest BCUT2D eigenvalue weighted by atomic mass is 9.94. The van der Waals surface area contributed by atoms with E-state index in [0.717, 1.165) is 17.8 Å². The van der Waals surface area contributed by atoms with Crippen molar-refractivity contribution in [2.75, 3.05) is 25.5 Å². The van der Waals surface area contributed by atoms with Crippen LogP contribution in [0.15, 0.2) is 53.4 Å². The van der Waals surface area contributed by atoms with Gasteiger partial charge in [-0.3, -0.25) is 9.69 Å². The third kappa shape index (κ3) is 6.30. The Morgan fingerprint density at radius 1 is 1.00 bits per heavy atom. The van der Waals surface area contributed by atoms with Crippen LogP contribution in [0.2, 0.25) is 0 Å². The summed E-state index contributed by atoms with van der Waals surface area (Å²) in [5, 5.41) is 3.03. The van der Waals surface area contributed by atoms with E-state index in [4.69, 9.17) is 4.74 Å². The lowest BCUT2D eigenvalue weighted by Crippen LogP contribution is -2.48. The van der Waals surface area contributed by atoms with E-state index in [-0.39, 0.29) is 23.0 Å². The second-order valence-corrected chi connectivity index (χ2v) is 11.9. The van der Waals surface area contributed by atoms with E-state index in [2.05, 4.69) is 23.3 Å². The van der Waals surface area contributed by atoms with Crippen molar-refractivity contribution in [3.05, 3.63) is 59.7 Å². The van der Waals surface area contributed by atoms with Gasteiger partial charge in [-0.25, -0.2) is 8.42 Å². The highest BCUT2D eigenvalue weighted by Crippen LogP contribution is 2.26. The molecule has 0 unspecified atom stereocenters. The number of hydrogen-bond acceptors (Lipinski definition) is 5. The third-order valence-electron chi connectivity index (χ3n) is 7.02. The number of benzene rings is 2. The molecule has 8 heteroatoms. The van der Waals surface area contributed by atoms with Crippen molar-refractivity contribution in [3.8, 4) is 0 Å². The molecule has 2 aromatic rings. The minimum atomic E-state index is -3.64. The van der Waals surface area contributed by atoms with Crippen molar-refractivity contribution in [2.24, 2.45) is 0 Å². The zero-order chi connectivity index (χ0) is 25.0. The molecule has 1 amide bonds. The highest BCUT2D eigenvalue weighted by molar-refractivity contribution is 7.89. The van der Waals surface area contributed by atoms with Crippen LogP contribution in [0.3, 0.4) is 0 Å². The van der Waals surface area contributed by atoms with E-state index >= 15 is 0 Å². The number of nitrogens with one attached hydrogen (secondary N) is 1. The molecule has 1 heterocycles. The van der Waals surface area contributed by atoms with Gasteiger partial charge in [0.1, 0.15) is 0 Å². The molecule has 2 aromatic carbocycles. The van der Waals surface area contributed by atoms with Gasteiger partial charge in [-0.2, -0.15) is 4.31 Å². The summed E-state index contributed by atoms with van der Waals surface area (Å²) in [5.41, 5.74) is 2.28. The minimum absolute atomic E-state index is 0.157. The van der Waals surface area contributed by atoms with Crippen LogP contribution in [-0.2, 0) is 21.3 Å². The van der Waals surface area contributed by atoms with Gasteiger partial charge in [-0.1, -0.05) is 37.5 Å². The Balaban J connectivity index is 1.43. The Bertz CT molecular complexity index is 1100. The summed E-state index contributed by atoms with van der Waals surface area (Å²) in [4.78, 5) is 15.6. The molecule has 1 saturated carbocycles. The summed E-state index contributed by atoms with van der Waals surface area (Å²) in [6.45, 7) is 5.16. The Kier molecular flexibility index (Phi) is 8.27. The number of carbonyl (C=O) groups is 1. The normalized spacial score (nSPS) is 22.3. The molecule has 0 bridgehead atoms. The van der Waals surface area contributed by atoms with Crippen LogP contribution in [-0.4, -0.2) is 61.9 Å². The van der Waals surface area contributed by atoms with Gasteiger partial charge < -0.3 is 10.1 Å². The van der Waals surface area contributed by atoms with Gasteiger partial charge in [0.05, 0.1) is 17.1 Å². The van der Waals surface area contributed by atoms with Gasteiger partial charge in [-0.05, 0) is 69.6 Å². The van der Waals surface area contributed by atoms with E-state index in [1.807, 2.05) is 32.0 Å². The quantitative estimate of drug-likeness (QED) is 0.607. The molecule has 1 N–H and O–H groups in total. The molecular formula is C27H37N3O4S. The molecule has 4 rings (SSSR count). The fraction of sp³-hybridized carbons (Fsp3) is 0.519. The van der Waals surface area contributed by atoms with E-state index in [0.29, 0.717) is 24.7 Å². The van der Waals surface area contributed by atoms with Crippen molar-refractivity contribution in [2.45, 2.75) is 75.6 Å². The highest BCUT2D eigenvalue weighted by Gasteiger charge is 2.32. The standard InChI is InChI=1S/C27H37N3O4S/c1-20-17-30(18-21(2)34-20)35(32,33)25-15-13-22(14-16-25)27(31)28-26-12-8-7-9-23(26)19-29(3)24-10-5-4-6-11-24/h7-9,12-16,20-21,24H,4-6,10-11,17-19H2,1-3H3,(H,28,31)/t20-,21+. The van der Waals surface area contributed by atoms with Gasteiger partial charge in [0, 0.05) is 36.9 Å². The van der Waals surface area contributed by atoms with Crippen LogP contribution in [0, 0.1) is 0 Å². The van der Waals surface area contributed by atoms with E-state index < -0.39 is 10.0 Å². The maximum Gasteiger partial charge on any atom is 0.255 e. The number of morpholine rings is 1. The maximum absolute atomic E-state index is 13.1. The van der Waals surface area contributed by atoms with Crippen LogP contribution in [0.4, 0.5) is 5.69 Å². The molecule has 0 spiro atoms. The number of sulfonamides is 1. The number of anilines is 1. The van der Waals surface area contributed by atoms with E-state index in [1.54, 1.807) is 12.1 Å². The zero-order valence-corrected chi connectivity index (χ0v) is 21.8. The first-order chi connectivity index (χ1) is 16.7. The summed E-state index contributed by atoms with van der Waals surface area (Å²) in [5.74, 6) is -0.254. The predicted molar refractivity (Wildman–Crippen MR) is 138 cm³/mol. The van der Waals surface area contributed by atoms with Crippen molar-refractivity contribution in [3.63, 3.8) is 0 Å². The van der Waals surface area contributed by atoms with Crippen LogP contribution < -0.4 is 5.32 Å². The molecular weight excluding hydrogens is 462 g/mol. The van der Waals surface area contributed by atoms with Gasteiger partial charge >= 0.3 is 0 Å². The largest absolute Gasteiger partial charge is 0.373 e. The molecule has 2 aliphatic rings. The summed E-state index contributed by atoms with van der Waals surface area (Å²) in [6, 6.07) is 14.6. The van der Waals surface area contributed by atoms with Gasteiger partial charge in [0.2, 0.25) is 10.0 Å². The summed E-state index contributed by atoms with van der Waals surface area (Å²) >= 11 is 0. The summed E-state index contributed by atoms with van der Waals surface area (Å²) in [7, 11) is -1.49. The molecule has 2 fully saturated rings. The highest BCUT2D eigenvalue weighted by atomic mass is 32.2. The van der Waals surface area contributed by atoms with Crippen LogP contribution >= 0.6 is 0 Å². The molecule has 7 nitrogen and oxygen atoms in total. The second kappa shape index (κ2) is 11.2. The lowest BCUT2D eigenvalue weighted by Gasteiger charge is -2.34. The predicted octanol–water partition coefficient (Wildman–Crippen LogP) is 4.50. The molecule has 190 valence electrons. The summed E-state index contributed by atoms with van der Waals surface area (Å²) < 4.78 is 33.3. The number of ether oxygens (including phenoxy) is 1. The van der Waals surface area contributed by atoms with E-state index in [1.165, 1.54) is 48.5 Å². The van der Waals surface area contributed by atoms with Crippen molar-refractivity contribution in [1.29, 1.82) is 0 Å². The monoisotopic (exact) mass is 499 g/mol. The van der Waals surface area contributed by atoms with Crippen molar-refractivity contribution >= 4 is 21.6 Å². The Labute approximate surface area is 209 Å². The lowest BCUT2D eigenvalue weighted by molar-refractivity contribution is -0.0440. The molecule has 1 aliphatic heterocycles. The minimum Gasteiger partial charge on any atom is -0.373 e. The van der Waals surface area contributed by atoms with Crippen molar-refractivity contribution < 1.29 is 17.9 Å². The van der Waals surface area contributed by atoms with Crippen molar-refractivity contribution in [1.82, 2.24) is 9.21 Å². The SMILES string of the molecule is C[C@@H]1CN(S(=O)(=O)c2ccc(C(=O)Nc3ccccc3CN(C)C3CCCCC3)cc2)C[C@H](C)O1. The average Bonchev–Trinajstić information content (AvgIpc) is 2.85. The molecule has 1 aliphatic carbocycles. The Morgan fingerprint density at radius 3 is 2.29 bits per heavy atom. The average molecular weight is 500 g/mol. The summed E-state index contributed by atoms with van der Waals surface area (Å²) in [6.07, 6.45) is 6.02. The first-order valence-electron chi connectivity index (χ1n) is 12.6. The van der Waals surface area contributed by atoms with Gasteiger partial charge in [-0.15, -0.1) is 0 Å². The molecule has 1 saturated heterocycles. The smallest absolute Gasteiger partial charge is 0.255 e. The van der Waals surface area contributed by atoms with Gasteiger partial charge in [0.15, 0.2) is 0 Å². The number of hydrogen-bond donors (Lipinski definition) is 1. The third-order valence-corrected chi connectivity index (χ3v) is 8.87. The zero-order valence-electron chi connectivity index (χ0n) is 20.9. The number of carbonyl (C=O) groups excluding carboxylic acids is 1. The second-order valence-electron chi connectivity index (χ2n) is 9.92. The maximum atomic E-state index is 13.1. The van der Waals surface area contributed by atoms with Crippen LogP contribution in [0.25, 0.3) is 0 Å². The van der Waals surface area contributed by atoms with Gasteiger partial charge in [0.25, 0.3) is 5.91 Å². The number of nitrogens with zero attached hydrogens (tertiary/aromatic N) is 2. The number of para-hydroxylation sites is 1.